The quantitative estimate of drug-likeness (QED) is 0.355. The average molecular weight is 452 g/mol. The van der Waals surface area contributed by atoms with Gasteiger partial charge in [0.1, 0.15) is 5.82 Å². The van der Waals surface area contributed by atoms with Gasteiger partial charge in [0.05, 0.1) is 6.54 Å². The molecule has 0 radical (unpaired) electrons. The number of rotatable bonds is 4. The van der Waals surface area contributed by atoms with Crippen molar-refractivity contribution in [3.63, 3.8) is 0 Å². The molecule has 4 nitrogen and oxygen atoms in total. The molecule has 0 spiro atoms. The van der Waals surface area contributed by atoms with Gasteiger partial charge in [-0.15, -0.1) is 24.0 Å². The van der Waals surface area contributed by atoms with Gasteiger partial charge in [0.2, 0.25) is 0 Å². The number of H-pyrrole nitrogens is 1. The zero-order valence-corrected chi connectivity index (χ0v) is 16.6. The second kappa shape index (κ2) is 8.84. The van der Waals surface area contributed by atoms with E-state index in [1.807, 2.05) is 30.1 Å². The van der Waals surface area contributed by atoms with Gasteiger partial charge in [-0.3, -0.25) is 4.99 Å². The van der Waals surface area contributed by atoms with E-state index in [0.29, 0.717) is 13.1 Å². The molecule has 0 saturated carbocycles. The van der Waals surface area contributed by atoms with E-state index in [4.69, 9.17) is 0 Å². The van der Waals surface area contributed by atoms with E-state index in [2.05, 4.69) is 33.5 Å². The molecule has 6 heteroatoms. The van der Waals surface area contributed by atoms with E-state index < -0.39 is 0 Å². The minimum absolute atomic E-state index is 0. The van der Waals surface area contributed by atoms with Crippen molar-refractivity contribution in [2.75, 3.05) is 14.1 Å². The highest BCUT2D eigenvalue weighted by Gasteiger charge is 2.08. The third-order valence-corrected chi connectivity index (χ3v) is 3.90. The summed E-state index contributed by atoms with van der Waals surface area (Å²) in [6, 6.07) is 16.9. The van der Waals surface area contributed by atoms with E-state index in [1.165, 1.54) is 11.5 Å². The van der Waals surface area contributed by atoms with E-state index >= 15 is 0 Å². The minimum Gasteiger partial charge on any atom is -0.357 e. The van der Waals surface area contributed by atoms with Crippen LogP contribution in [0.15, 0.2) is 59.6 Å². The molecule has 0 atom stereocenters. The fourth-order valence-electron chi connectivity index (χ4n) is 2.77. The first-order valence-electron chi connectivity index (χ1n) is 7.88. The molecule has 2 N–H and O–H groups in total. The largest absolute Gasteiger partial charge is 0.357 e. The molecule has 0 bridgehead atoms. The zero-order valence-electron chi connectivity index (χ0n) is 14.3. The molecule has 0 aliphatic heterocycles. The monoisotopic (exact) mass is 452 g/mol. The molecule has 0 fully saturated rings. The number of hydrogen-bond acceptors (Lipinski definition) is 1. The fraction of sp³-hybridized carbons (Fsp3) is 0.211. The first-order valence-corrected chi connectivity index (χ1v) is 7.88. The van der Waals surface area contributed by atoms with Gasteiger partial charge in [-0.25, -0.2) is 4.39 Å². The Hall–Kier alpha value is -2.09. The Bertz CT molecular complexity index is 826. The Morgan fingerprint density at radius 2 is 1.96 bits per heavy atom. The van der Waals surface area contributed by atoms with Gasteiger partial charge in [-0.1, -0.05) is 30.3 Å². The average Bonchev–Trinajstić information content (AvgIpc) is 2.98. The lowest BCUT2D eigenvalue weighted by atomic mass is 10.2. The summed E-state index contributed by atoms with van der Waals surface area (Å²) in [6.45, 7) is 1.24. The van der Waals surface area contributed by atoms with Crippen LogP contribution in [0.4, 0.5) is 4.39 Å². The molecular formula is C19H22FIN4. The number of halogens is 2. The maximum Gasteiger partial charge on any atom is 0.194 e. The van der Waals surface area contributed by atoms with Crippen LogP contribution in [-0.2, 0) is 13.1 Å². The second-order valence-electron chi connectivity index (χ2n) is 5.77. The highest BCUT2D eigenvalue weighted by atomic mass is 127. The summed E-state index contributed by atoms with van der Waals surface area (Å²) >= 11 is 0. The van der Waals surface area contributed by atoms with Crippen LogP contribution in [-0.4, -0.2) is 29.9 Å². The number of aliphatic imine (C=N–C) groups is 1. The van der Waals surface area contributed by atoms with Crippen LogP contribution in [0.1, 0.15) is 11.3 Å². The molecule has 1 heterocycles. The van der Waals surface area contributed by atoms with Crippen molar-refractivity contribution in [2.45, 2.75) is 13.1 Å². The Morgan fingerprint density at radius 1 is 1.16 bits per heavy atom. The van der Waals surface area contributed by atoms with Gasteiger partial charge in [-0.05, 0) is 35.2 Å². The third-order valence-electron chi connectivity index (χ3n) is 3.90. The summed E-state index contributed by atoms with van der Waals surface area (Å²) in [4.78, 5) is 9.65. The van der Waals surface area contributed by atoms with Crippen LogP contribution in [0.3, 0.4) is 0 Å². The number of hydrogen-bond donors (Lipinski definition) is 2. The van der Waals surface area contributed by atoms with Crippen molar-refractivity contribution in [3.05, 3.63) is 71.7 Å². The predicted molar refractivity (Wildman–Crippen MR) is 112 cm³/mol. The standard InChI is InChI=1S/C19H21FN4.HI/c1-21-19(24(2)13-14-6-5-8-16(20)10-14)22-12-17-11-15-7-3-4-9-18(15)23-17;/h3-11,23H,12-13H2,1-2H3,(H,21,22);1H. The number of nitrogens with zero attached hydrogens (tertiary/aromatic N) is 2. The number of fused-ring (bicyclic) bond motifs is 1. The smallest absolute Gasteiger partial charge is 0.194 e. The summed E-state index contributed by atoms with van der Waals surface area (Å²) < 4.78 is 13.3. The van der Waals surface area contributed by atoms with Crippen molar-refractivity contribution in [1.82, 2.24) is 15.2 Å². The van der Waals surface area contributed by atoms with Gasteiger partial charge in [0.15, 0.2) is 5.96 Å². The second-order valence-corrected chi connectivity index (χ2v) is 5.77. The molecule has 2 aromatic carbocycles. The zero-order chi connectivity index (χ0) is 16.9. The molecule has 1 aromatic heterocycles. The molecule has 0 amide bonds. The van der Waals surface area contributed by atoms with E-state index in [9.17, 15) is 4.39 Å². The Labute approximate surface area is 164 Å². The highest BCUT2D eigenvalue weighted by molar-refractivity contribution is 14.0. The van der Waals surface area contributed by atoms with E-state index in [-0.39, 0.29) is 29.8 Å². The molecule has 0 aliphatic carbocycles. The van der Waals surface area contributed by atoms with Gasteiger partial charge in [-0.2, -0.15) is 0 Å². The van der Waals surface area contributed by atoms with E-state index in [1.54, 1.807) is 19.2 Å². The minimum atomic E-state index is -0.220. The van der Waals surface area contributed by atoms with Crippen molar-refractivity contribution >= 4 is 40.8 Å². The highest BCUT2D eigenvalue weighted by Crippen LogP contribution is 2.14. The predicted octanol–water partition coefficient (Wildman–Crippen LogP) is 4.13. The molecule has 25 heavy (non-hydrogen) atoms. The number of para-hydroxylation sites is 1. The molecular weight excluding hydrogens is 430 g/mol. The Kier molecular flexibility index (Phi) is 6.81. The van der Waals surface area contributed by atoms with Crippen molar-refractivity contribution in [3.8, 4) is 0 Å². The van der Waals surface area contributed by atoms with Gasteiger partial charge < -0.3 is 15.2 Å². The molecule has 0 aliphatic rings. The summed E-state index contributed by atoms with van der Waals surface area (Å²) in [7, 11) is 3.68. The summed E-state index contributed by atoms with van der Waals surface area (Å²) in [6.07, 6.45) is 0. The SMILES string of the molecule is CN=C(NCc1cc2ccccc2[nH]1)N(C)Cc1cccc(F)c1.I. The topological polar surface area (TPSA) is 43.4 Å². The lowest BCUT2D eigenvalue weighted by molar-refractivity contribution is 0.474. The van der Waals surface area contributed by atoms with E-state index in [0.717, 1.165) is 22.7 Å². The Morgan fingerprint density at radius 3 is 2.68 bits per heavy atom. The van der Waals surface area contributed by atoms with Crippen molar-refractivity contribution in [1.29, 1.82) is 0 Å². The van der Waals surface area contributed by atoms with Crippen LogP contribution in [0, 0.1) is 5.82 Å². The first kappa shape index (κ1) is 19.2. The molecule has 3 aromatic rings. The number of nitrogens with one attached hydrogen (secondary N) is 2. The fourth-order valence-corrected chi connectivity index (χ4v) is 2.77. The van der Waals surface area contributed by atoms with Crippen molar-refractivity contribution < 1.29 is 4.39 Å². The first-order chi connectivity index (χ1) is 11.7. The molecule has 0 unspecified atom stereocenters. The number of aromatic nitrogens is 1. The molecule has 0 saturated heterocycles. The molecule has 3 rings (SSSR count). The van der Waals surface area contributed by atoms with Crippen LogP contribution < -0.4 is 5.32 Å². The molecule has 132 valence electrons. The van der Waals surface area contributed by atoms with Gasteiger partial charge in [0, 0.05) is 31.9 Å². The summed E-state index contributed by atoms with van der Waals surface area (Å²) in [5, 5.41) is 4.52. The number of guanidine groups is 1. The lowest BCUT2D eigenvalue weighted by Crippen LogP contribution is -2.38. The van der Waals surface area contributed by atoms with Crippen LogP contribution in [0.25, 0.3) is 10.9 Å². The normalized spacial score (nSPS) is 11.2. The van der Waals surface area contributed by atoms with Gasteiger partial charge in [0.25, 0.3) is 0 Å². The van der Waals surface area contributed by atoms with Crippen LogP contribution in [0.5, 0.6) is 0 Å². The van der Waals surface area contributed by atoms with Crippen LogP contribution >= 0.6 is 24.0 Å². The Balaban J connectivity index is 0.00000225. The summed E-state index contributed by atoms with van der Waals surface area (Å²) in [5.74, 6) is 0.542. The number of benzene rings is 2. The summed E-state index contributed by atoms with van der Waals surface area (Å²) in [5.41, 5.74) is 3.12. The third kappa shape index (κ3) is 4.94. The van der Waals surface area contributed by atoms with Crippen molar-refractivity contribution in [2.24, 2.45) is 4.99 Å². The van der Waals surface area contributed by atoms with Crippen LogP contribution in [0.2, 0.25) is 0 Å². The lowest BCUT2D eigenvalue weighted by Gasteiger charge is -2.22. The maximum absolute atomic E-state index is 13.3. The maximum atomic E-state index is 13.3. The van der Waals surface area contributed by atoms with Gasteiger partial charge >= 0.3 is 0 Å². The number of aromatic amines is 1.